The molecular weight excluding hydrogens is 437 g/mol. The van der Waals surface area contributed by atoms with Crippen LogP contribution in [0.5, 0.6) is 5.75 Å². The van der Waals surface area contributed by atoms with Gasteiger partial charge in [0.1, 0.15) is 17.4 Å². The van der Waals surface area contributed by atoms with E-state index in [2.05, 4.69) is 20.3 Å². The van der Waals surface area contributed by atoms with Gasteiger partial charge in [0, 0.05) is 31.7 Å². The van der Waals surface area contributed by atoms with Crippen LogP contribution in [0.3, 0.4) is 0 Å². The molecular formula is C24H26FN7O2. The van der Waals surface area contributed by atoms with Gasteiger partial charge < -0.3 is 20.5 Å². The maximum absolute atomic E-state index is 13.9. The number of morpholine rings is 1. The summed E-state index contributed by atoms with van der Waals surface area (Å²) in [6.45, 7) is 4.81. The number of fused-ring (bicyclic) bond motifs is 1. The Bertz CT molecular complexity index is 1300. The summed E-state index contributed by atoms with van der Waals surface area (Å²) < 4.78 is 26.4. The molecule has 2 aromatic heterocycles. The number of para-hydroxylation sites is 1. The number of halogens is 1. The molecule has 34 heavy (non-hydrogen) atoms. The highest BCUT2D eigenvalue weighted by Crippen LogP contribution is 2.37. The number of nitrogens with one attached hydrogen (secondary N) is 1. The van der Waals surface area contributed by atoms with Crippen LogP contribution in [0.1, 0.15) is 0 Å². The first-order valence-corrected chi connectivity index (χ1v) is 11.1. The molecule has 0 aliphatic carbocycles. The van der Waals surface area contributed by atoms with E-state index >= 15 is 0 Å². The zero-order valence-electron chi connectivity index (χ0n) is 18.9. The molecule has 3 N–H and O–H groups in total. The summed E-state index contributed by atoms with van der Waals surface area (Å²) in [5.74, 6) is 1.03. The number of methoxy groups -OCH3 is 1. The van der Waals surface area contributed by atoms with Crippen LogP contribution in [0.2, 0.25) is 0 Å². The molecule has 3 heterocycles. The summed E-state index contributed by atoms with van der Waals surface area (Å²) in [5.41, 5.74) is 8.79. The zero-order chi connectivity index (χ0) is 23.5. The van der Waals surface area contributed by atoms with Crippen molar-refractivity contribution in [2.75, 3.05) is 57.6 Å². The van der Waals surface area contributed by atoms with Gasteiger partial charge in [-0.05, 0) is 30.3 Å². The summed E-state index contributed by atoms with van der Waals surface area (Å²) in [6.07, 6.45) is 0. The van der Waals surface area contributed by atoms with Crippen LogP contribution in [0.15, 0.2) is 48.5 Å². The maximum atomic E-state index is 13.9. The minimum atomic E-state index is -0.377. The van der Waals surface area contributed by atoms with E-state index in [9.17, 15) is 4.39 Å². The van der Waals surface area contributed by atoms with Gasteiger partial charge in [0.15, 0.2) is 5.65 Å². The van der Waals surface area contributed by atoms with E-state index in [-0.39, 0.29) is 5.82 Å². The number of anilines is 2. The number of hydrogen-bond donors (Lipinski definition) is 2. The second-order valence-corrected chi connectivity index (χ2v) is 7.95. The average Bonchev–Trinajstić information content (AvgIpc) is 3.20. The number of hydrogen-bond acceptors (Lipinski definition) is 8. The molecule has 2 aromatic carbocycles. The highest BCUT2D eigenvalue weighted by molar-refractivity contribution is 6.00. The van der Waals surface area contributed by atoms with Crippen molar-refractivity contribution < 1.29 is 13.9 Å². The molecule has 0 amide bonds. The monoisotopic (exact) mass is 463 g/mol. The molecule has 5 rings (SSSR count). The molecule has 0 unspecified atom stereocenters. The molecule has 1 aliphatic heterocycles. The van der Waals surface area contributed by atoms with Gasteiger partial charge in [0.25, 0.3) is 0 Å². The molecule has 4 aromatic rings. The number of ether oxygens (including phenoxy) is 2. The summed E-state index contributed by atoms with van der Waals surface area (Å²) in [4.78, 5) is 11.7. The molecule has 0 spiro atoms. The van der Waals surface area contributed by atoms with Crippen LogP contribution in [0.25, 0.3) is 28.0 Å². The van der Waals surface area contributed by atoms with Crippen molar-refractivity contribution >= 4 is 22.8 Å². The Hall–Kier alpha value is -3.76. The fourth-order valence-electron chi connectivity index (χ4n) is 4.08. The molecule has 0 bridgehead atoms. The standard InChI is InChI=1S/C24H26FN7O2/c1-33-19-8-3-2-7-18(19)21-20-22(26)32(17-6-4-5-16(25)15-17)30-23(20)29-24(28-21)27-9-10-31-11-13-34-14-12-31/h2-8,15H,9-14,26H2,1H3,(H,27,29,30). The van der Waals surface area contributed by atoms with Gasteiger partial charge in [-0.3, -0.25) is 4.90 Å². The lowest BCUT2D eigenvalue weighted by Crippen LogP contribution is -2.39. The number of benzene rings is 2. The first-order valence-electron chi connectivity index (χ1n) is 11.1. The average molecular weight is 464 g/mol. The molecule has 1 aliphatic rings. The maximum Gasteiger partial charge on any atom is 0.225 e. The lowest BCUT2D eigenvalue weighted by molar-refractivity contribution is 0.0398. The van der Waals surface area contributed by atoms with Gasteiger partial charge in [0.05, 0.1) is 37.1 Å². The normalized spacial score (nSPS) is 14.4. The minimum Gasteiger partial charge on any atom is -0.496 e. The van der Waals surface area contributed by atoms with Crippen LogP contribution in [-0.4, -0.2) is 71.2 Å². The first kappa shape index (κ1) is 22.1. The van der Waals surface area contributed by atoms with Gasteiger partial charge in [-0.15, -0.1) is 5.10 Å². The molecule has 0 atom stereocenters. The minimum absolute atomic E-state index is 0.321. The van der Waals surface area contributed by atoms with Gasteiger partial charge in [-0.25, -0.2) is 14.1 Å². The Balaban J connectivity index is 1.57. The molecule has 176 valence electrons. The fraction of sp³-hybridized carbons (Fsp3) is 0.292. The number of rotatable bonds is 7. The second kappa shape index (κ2) is 9.62. The van der Waals surface area contributed by atoms with Crippen LogP contribution >= 0.6 is 0 Å². The Morgan fingerprint density at radius 3 is 2.74 bits per heavy atom. The quantitative estimate of drug-likeness (QED) is 0.431. The van der Waals surface area contributed by atoms with E-state index in [4.69, 9.17) is 20.2 Å². The van der Waals surface area contributed by atoms with Gasteiger partial charge in [-0.1, -0.05) is 18.2 Å². The van der Waals surface area contributed by atoms with Crippen LogP contribution < -0.4 is 15.8 Å². The van der Waals surface area contributed by atoms with Crippen LogP contribution in [-0.2, 0) is 4.74 Å². The smallest absolute Gasteiger partial charge is 0.225 e. The summed E-state index contributed by atoms with van der Waals surface area (Å²) >= 11 is 0. The third kappa shape index (κ3) is 4.37. The molecule has 1 fully saturated rings. The third-order valence-corrected chi connectivity index (χ3v) is 5.80. The predicted molar refractivity (Wildman–Crippen MR) is 129 cm³/mol. The summed E-state index contributed by atoms with van der Waals surface area (Å²) in [6, 6.07) is 13.7. The van der Waals surface area contributed by atoms with E-state index in [1.54, 1.807) is 19.2 Å². The Labute approximate surface area is 196 Å². The number of nitrogen functional groups attached to an aromatic ring is 1. The summed E-state index contributed by atoms with van der Waals surface area (Å²) in [5, 5.41) is 8.48. The molecule has 0 radical (unpaired) electrons. The largest absolute Gasteiger partial charge is 0.496 e. The van der Waals surface area contributed by atoms with E-state index in [0.29, 0.717) is 46.5 Å². The third-order valence-electron chi connectivity index (χ3n) is 5.80. The Morgan fingerprint density at radius 2 is 1.94 bits per heavy atom. The van der Waals surface area contributed by atoms with Crippen LogP contribution in [0, 0.1) is 5.82 Å². The molecule has 1 saturated heterocycles. The van der Waals surface area contributed by atoms with Crippen molar-refractivity contribution in [3.63, 3.8) is 0 Å². The molecule has 9 nitrogen and oxygen atoms in total. The number of aromatic nitrogens is 4. The first-order chi connectivity index (χ1) is 16.6. The van der Waals surface area contributed by atoms with Gasteiger partial charge >= 0.3 is 0 Å². The van der Waals surface area contributed by atoms with Crippen molar-refractivity contribution in [3.05, 3.63) is 54.3 Å². The van der Waals surface area contributed by atoms with Crippen molar-refractivity contribution in [2.24, 2.45) is 0 Å². The van der Waals surface area contributed by atoms with E-state index in [1.165, 1.54) is 16.8 Å². The second-order valence-electron chi connectivity index (χ2n) is 7.95. The van der Waals surface area contributed by atoms with Crippen molar-refractivity contribution in [3.8, 4) is 22.7 Å². The van der Waals surface area contributed by atoms with E-state index < -0.39 is 0 Å². The number of nitrogens with two attached hydrogens (primary N) is 1. The molecule has 10 heteroatoms. The highest BCUT2D eigenvalue weighted by Gasteiger charge is 2.21. The summed E-state index contributed by atoms with van der Waals surface area (Å²) in [7, 11) is 1.61. The van der Waals surface area contributed by atoms with Gasteiger partial charge in [-0.2, -0.15) is 4.98 Å². The van der Waals surface area contributed by atoms with Crippen LogP contribution in [0.4, 0.5) is 16.2 Å². The Kier molecular flexibility index (Phi) is 6.24. The topological polar surface area (TPSA) is 103 Å². The molecule has 0 saturated carbocycles. The van der Waals surface area contributed by atoms with Crippen molar-refractivity contribution in [1.82, 2.24) is 24.6 Å². The zero-order valence-corrected chi connectivity index (χ0v) is 18.9. The lowest BCUT2D eigenvalue weighted by Gasteiger charge is -2.26. The fourth-order valence-corrected chi connectivity index (χ4v) is 4.08. The Morgan fingerprint density at radius 1 is 1.12 bits per heavy atom. The number of nitrogens with zero attached hydrogens (tertiary/aromatic N) is 5. The van der Waals surface area contributed by atoms with E-state index in [0.717, 1.165) is 38.4 Å². The van der Waals surface area contributed by atoms with Crippen molar-refractivity contribution in [2.45, 2.75) is 0 Å². The SMILES string of the molecule is COc1ccccc1-c1nc(NCCN2CCOCC2)nc2nn(-c3cccc(F)c3)c(N)c12. The highest BCUT2D eigenvalue weighted by atomic mass is 19.1. The predicted octanol–water partition coefficient (Wildman–Crippen LogP) is 2.96. The van der Waals surface area contributed by atoms with Gasteiger partial charge in [0.2, 0.25) is 5.95 Å². The van der Waals surface area contributed by atoms with E-state index in [1.807, 2.05) is 24.3 Å². The van der Waals surface area contributed by atoms with Crippen molar-refractivity contribution in [1.29, 1.82) is 0 Å². The lowest BCUT2D eigenvalue weighted by atomic mass is 10.1.